The van der Waals surface area contributed by atoms with E-state index >= 15 is 0 Å². The second-order valence-electron chi connectivity index (χ2n) is 4.14. The third kappa shape index (κ3) is 2.79. The molecule has 96 valence electrons. The van der Waals surface area contributed by atoms with Crippen molar-refractivity contribution in [3.05, 3.63) is 43.8 Å². The van der Waals surface area contributed by atoms with Crippen molar-refractivity contribution in [3.8, 4) is 0 Å². The molecule has 1 aromatic carbocycles. The first-order valence-electron chi connectivity index (χ1n) is 5.63. The number of aromatic nitrogens is 1. The van der Waals surface area contributed by atoms with E-state index in [0.29, 0.717) is 10.0 Å². The molecule has 2 nitrogen and oxygen atoms in total. The lowest BCUT2D eigenvalue weighted by Gasteiger charge is -2.16. The number of thiazole rings is 1. The molecule has 1 atom stereocenters. The van der Waals surface area contributed by atoms with Gasteiger partial charge >= 0.3 is 0 Å². The summed E-state index contributed by atoms with van der Waals surface area (Å²) in [6, 6.07) is 5.55. The Morgan fingerprint density at radius 2 is 1.83 bits per heavy atom. The van der Waals surface area contributed by atoms with Crippen molar-refractivity contribution < 1.29 is 0 Å². The summed E-state index contributed by atoms with van der Waals surface area (Å²) in [5, 5.41) is 5.65. The minimum atomic E-state index is 0.0762. The maximum atomic E-state index is 6.14. The van der Waals surface area contributed by atoms with E-state index in [1.54, 1.807) is 11.3 Å². The van der Waals surface area contributed by atoms with Crippen molar-refractivity contribution in [2.24, 2.45) is 0 Å². The van der Waals surface area contributed by atoms with Gasteiger partial charge in [0.15, 0.2) is 0 Å². The molecule has 0 radical (unpaired) electrons. The number of anilines is 1. The van der Waals surface area contributed by atoms with Crippen LogP contribution in [0.25, 0.3) is 0 Å². The average molecular weight is 301 g/mol. The highest BCUT2D eigenvalue weighted by atomic mass is 35.5. The van der Waals surface area contributed by atoms with Gasteiger partial charge in [-0.3, -0.25) is 0 Å². The Balaban J connectivity index is 2.26. The van der Waals surface area contributed by atoms with Crippen LogP contribution in [0.3, 0.4) is 0 Å². The predicted octanol–water partition coefficient (Wildman–Crippen LogP) is 5.24. The normalized spacial score (nSPS) is 12.5. The number of aryl methyl sites for hydroxylation is 2. The van der Waals surface area contributed by atoms with E-state index in [9.17, 15) is 0 Å². The van der Waals surface area contributed by atoms with E-state index in [1.807, 2.05) is 25.1 Å². The van der Waals surface area contributed by atoms with Crippen LogP contribution in [0, 0.1) is 13.8 Å². The van der Waals surface area contributed by atoms with Crippen LogP contribution in [-0.2, 0) is 0 Å². The largest absolute Gasteiger partial charge is 0.374 e. The van der Waals surface area contributed by atoms with Crippen LogP contribution >= 0.6 is 34.5 Å². The molecule has 0 amide bonds. The molecule has 0 aliphatic heterocycles. The van der Waals surface area contributed by atoms with Gasteiger partial charge in [0.2, 0.25) is 0 Å². The van der Waals surface area contributed by atoms with E-state index in [2.05, 4.69) is 24.1 Å². The molecule has 0 aliphatic carbocycles. The van der Waals surface area contributed by atoms with Crippen LogP contribution in [0.15, 0.2) is 18.2 Å². The van der Waals surface area contributed by atoms with Crippen molar-refractivity contribution >= 4 is 40.2 Å². The zero-order valence-electron chi connectivity index (χ0n) is 10.4. The third-order valence-electron chi connectivity index (χ3n) is 2.67. The molecule has 0 saturated heterocycles. The van der Waals surface area contributed by atoms with Gasteiger partial charge in [-0.1, -0.05) is 29.3 Å². The van der Waals surface area contributed by atoms with E-state index in [0.717, 1.165) is 16.4 Å². The van der Waals surface area contributed by atoms with Crippen LogP contribution < -0.4 is 5.32 Å². The number of nitrogens with one attached hydrogen (secondary N) is 1. The average Bonchev–Trinajstić information content (AvgIpc) is 2.63. The number of rotatable bonds is 3. The molecule has 1 aromatic heterocycles. The van der Waals surface area contributed by atoms with Crippen molar-refractivity contribution in [3.63, 3.8) is 0 Å². The third-order valence-corrected chi connectivity index (χ3v) is 4.21. The van der Waals surface area contributed by atoms with Gasteiger partial charge in [0.05, 0.1) is 32.5 Å². The van der Waals surface area contributed by atoms with Gasteiger partial charge < -0.3 is 5.32 Å². The summed E-state index contributed by atoms with van der Waals surface area (Å²) in [7, 11) is 0. The van der Waals surface area contributed by atoms with Gasteiger partial charge in [-0.05, 0) is 32.9 Å². The zero-order chi connectivity index (χ0) is 13.3. The molecule has 5 heteroatoms. The van der Waals surface area contributed by atoms with E-state index in [-0.39, 0.29) is 6.04 Å². The SMILES string of the molecule is Cc1nc(C(C)Nc2c(Cl)cccc2Cl)c(C)s1. The first-order valence-corrected chi connectivity index (χ1v) is 7.20. The quantitative estimate of drug-likeness (QED) is 0.838. The molecule has 0 saturated carbocycles. The predicted molar refractivity (Wildman–Crippen MR) is 80.1 cm³/mol. The van der Waals surface area contributed by atoms with Crippen molar-refractivity contribution in [1.29, 1.82) is 0 Å². The Bertz CT molecular complexity index is 546. The fourth-order valence-corrected chi connectivity index (χ4v) is 3.29. The van der Waals surface area contributed by atoms with E-state index in [4.69, 9.17) is 23.2 Å². The summed E-state index contributed by atoms with van der Waals surface area (Å²) in [4.78, 5) is 5.75. The summed E-state index contributed by atoms with van der Waals surface area (Å²) in [5.74, 6) is 0. The smallest absolute Gasteiger partial charge is 0.0901 e. The highest BCUT2D eigenvalue weighted by Crippen LogP contribution is 2.33. The Kier molecular flexibility index (Phi) is 4.15. The zero-order valence-corrected chi connectivity index (χ0v) is 12.7. The maximum absolute atomic E-state index is 6.14. The van der Waals surface area contributed by atoms with Crippen LogP contribution in [-0.4, -0.2) is 4.98 Å². The lowest BCUT2D eigenvalue weighted by atomic mass is 10.2. The highest BCUT2D eigenvalue weighted by molar-refractivity contribution is 7.11. The Labute approximate surface area is 121 Å². The standard InChI is InChI=1S/C13H14Cl2N2S/c1-7(12-8(2)18-9(3)17-12)16-13-10(14)5-4-6-11(13)15/h4-7,16H,1-3H3. The topological polar surface area (TPSA) is 24.9 Å². The highest BCUT2D eigenvalue weighted by Gasteiger charge is 2.15. The summed E-state index contributed by atoms with van der Waals surface area (Å²) in [6.07, 6.45) is 0. The molecule has 1 N–H and O–H groups in total. The lowest BCUT2D eigenvalue weighted by Crippen LogP contribution is -2.09. The van der Waals surface area contributed by atoms with Gasteiger partial charge in [-0.15, -0.1) is 11.3 Å². The second-order valence-corrected chi connectivity index (χ2v) is 6.36. The molecule has 18 heavy (non-hydrogen) atoms. The Hall–Kier alpha value is -0.770. The molecule has 0 fully saturated rings. The minimum Gasteiger partial charge on any atom is -0.374 e. The second kappa shape index (κ2) is 5.47. The molecule has 0 bridgehead atoms. The maximum Gasteiger partial charge on any atom is 0.0901 e. The summed E-state index contributed by atoms with van der Waals surface area (Å²) in [6.45, 7) is 6.14. The Morgan fingerprint density at radius 3 is 2.33 bits per heavy atom. The summed E-state index contributed by atoms with van der Waals surface area (Å²) >= 11 is 14.0. The van der Waals surface area contributed by atoms with Crippen molar-refractivity contribution in [2.45, 2.75) is 26.8 Å². The van der Waals surface area contributed by atoms with Gasteiger partial charge in [0.25, 0.3) is 0 Å². The molecule has 1 heterocycles. The monoisotopic (exact) mass is 300 g/mol. The molecular weight excluding hydrogens is 287 g/mol. The van der Waals surface area contributed by atoms with E-state index < -0.39 is 0 Å². The van der Waals surface area contributed by atoms with Crippen LogP contribution in [0.5, 0.6) is 0 Å². The molecule has 2 aromatic rings. The van der Waals surface area contributed by atoms with Gasteiger partial charge in [0.1, 0.15) is 0 Å². The Morgan fingerprint density at radius 1 is 1.22 bits per heavy atom. The number of nitrogens with zero attached hydrogens (tertiary/aromatic N) is 1. The molecule has 0 aliphatic rings. The number of hydrogen-bond donors (Lipinski definition) is 1. The first-order chi connectivity index (χ1) is 8.49. The molecular formula is C13H14Cl2N2S. The first kappa shape index (κ1) is 13.7. The number of benzene rings is 1. The van der Waals surface area contributed by atoms with Gasteiger partial charge in [-0.25, -0.2) is 4.98 Å². The number of halogens is 2. The summed E-state index contributed by atoms with van der Waals surface area (Å²) in [5.41, 5.74) is 1.81. The van der Waals surface area contributed by atoms with Crippen molar-refractivity contribution in [2.75, 3.05) is 5.32 Å². The number of hydrogen-bond acceptors (Lipinski definition) is 3. The van der Waals surface area contributed by atoms with Gasteiger partial charge in [-0.2, -0.15) is 0 Å². The van der Waals surface area contributed by atoms with Crippen LogP contribution in [0.1, 0.15) is 28.5 Å². The lowest BCUT2D eigenvalue weighted by molar-refractivity contribution is 0.837. The molecule has 1 unspecified atom stereocenters. The van der Waals surface area contributed by atoms with Gasteiger partial charge in [0, 0.05) is 4.88 Å². The van der Waals surface area contributed by atoms with E-state index in [1.165, 1.54) is 4.88 Å². The summed E-state index contributed by atoms with van der Waals surface area (Å²) < 4.78 is 0. The number of para-hydroxylation sites is 1. The fraction of sp³-hybridized carbons (Fsp3) is 0.308. The minimum absolute atomic E-state index is 0.0762. The van der Waals surface area contributed by atoms with Crippen LogP contribution in [0.4, 0.5) is 5.69 Å². The van der Waals surface area contributed by atoms with Crippen molar-refractivity contribution in [1.82, 2.24) is 4.98 Å². The molecule has 2 rings (SSSR count). The van der Waals surface area contributed by atoms with Crippen LogP contribution in [0.2, 0.25) is 10.0 Å². The molecule has 0 spiro atoms. The fourth-order valence-electron chi connectivity index (χ4n) is 1.87.